The van der Waals surface area contributed by atoms with Crippen LogP contribution in [0.4, 0.5) is 0 Å². The second-order valence-corrected chi connectivity index (χ2v) is 15.9. The molecule has 2 aromatic heterocycles. The smallest absolute Gasteiger partial charge is 0.164 e. The molecule has 0 spiro atoms. The number of allylic oxidation sites excluding steroid dienone is 4. The molecule has 2 aliphatic rings. The minimum absolute atomic E-state index is 0.405. The SMILES string of the molecule is C1=CC2=c3c(n(-c4ccc(-c5ccc(-c6nc(-c7ccccc7)nc(-c7ccc(-c8cccc9ccccc89)cc7)n6)cc5)cc4)c4ccc5ccccc5c34)=CCC2C=C1. The fourth-order valence-corrected chi connectivity index (χ4v) is 9.38. The molecule has 0 radical (unpaired) electrons. The van der Waals surface area contributed by atoms with Crippen LogP contribution in [0.15, 0.2) is 206 Å². The standard InChI is InChI=1S/C57H38N4/c1-2-14-43(15-3-1)55-58-56(60-57(59-55)45-27-23-42(24-28-45)48-20-10-16-39-11-4-7-17-47(39)48)44-25-21-37(22-26-44)38-29-33-46(34-30-38)61-51-35-31-40-12-5-8-18-49(40)53(51)54-50-19-9-6-13-41(50)32-36-52(54)61/h1-31,33-36,41H,32H2. The van der Waals surface area contributed by atoms with Crippen LogP contribution >= 0.6 is 0 Å². The second kappa shape index (κ2) is 14.4. The topological polar surface area (TPSA) is 43.6 Å². The van der Waals surface area contributed by atoms with Gasteiger partial charge >= 0.3 is 0 Å². The summed E-state index contributed by atoms with van der Waals surface area (Å²) in [4.78, 5) is 15.1. The first-order valence-electron chi connectivity index (χ1n) is 21.0. The summed E-state index contributed by atoms with van der Waals surface area (Å²) in [6.45, 7) is 0. The molecular weight excluding hydrogens is 741 g/mol. The highest BCUT2D eigenvalue weighted by Gasteiger charge is 2.22. The number of rotatable bonds is 6. The normalized spacial score (nSPS) is 14.3. The average molecular weight is 779 g/mol. The molecular formula is C57H38N4. The van der Waals surface area contributed by atoms with Gasteiger partial charge in [-0.05, 0) is 74.0 Å². The van der Waals surface area contributed by atoms with Crippen LogP contribution in [-0.2, 0) is 0 Å². The zero-order valence-corrected chi connectivity index (χ0v) is 33.3. The van der Waals surface area contributed by atoms with Crippen LogP contribution in [0.1, 0.15) is 6.42 Å². The third-order valence-corrected chi connectivity index (χ3v) is 12.4. The van der Waals surface area contributed by atoms with E-state index in [1.165, 1.54) is 54.2 Å². The Morgan fingerprint density at radius 2 is 1.00 bits per heavy atom. The summed E-state index contributed by atoms with van der Waals surface area (Å²) in [5.41, 5.74) is 11.3. The predicted molar refractivity (Wildman–Crippen MR) is 252 cm³/mol. The quantitative estimate of drug-likeness (QED) is 0.169. The first-order chi connectivity index (χ1) is 30.2. The Labute approximate surface area is 353 Å². The zero-order valence-electron chi connectivity index (χ0n) is 33.3. The lowest BCUT2D eigenvalue weighted by molar-refractivity contribution is 0.854. The van der Waals surface area contributed by atoms with Crippen molar-refractivity contribution in [3.05, 3.63) is 217 Å². The van der Waals surface area contributed by atoms with Crippen molar-refractivity contribution in [3.63, 3.8) is 0 Å². The molecule has 2 heterocycles. The molecule has 2 aliphatic carbocycles. The lowest BCUT2D eigenvalue weighted by atomic mass is 9.86. The fraction of sp³-hybridized carbons (Fsp3) is 0.0351. The van der Waals surface area contributed by atoms with Crippen LogP contribution in [0.2, 0.25) is 0 Å². The van der Waals surface area contributed by atoms with Crippen LogP contribution in [0.3, 0.4) is 0 Å². The molecule has 10 aromatic rings. The molecule has 61 heavy (non-hydrogen) atoms. The maximum atomic E-state index is 5.06. The largest absolute Gasteiger partial charge is 0.310 e. The van der Waals surface area contributed by atoms with Crippen molar-refractivity contribution in [1.29, 1.82) is 0 Å². The molecule has 0 bridgehead atoms. The highest BCUT2D eigenvalue weighted by molar-refractivity contribution is 6.08. The van der Waals surface area contributed by atoms with Gasteiger partial charge in [-0.1, -0.05) is 194 Å². The molecule has 8 aromatic carbocycles. The Morgan fingerprint density at radius 3 is 1.70 bits per heavy atom. The van der Waals surface area contributed by atoms with Crippen molar-refractivity contribution in [1.82, 2.24) is 19.5 Å². The van der Waals surface area contributed by atoms with E-state index in [0.29, 0.717) is 23.4 Å². The summed E-state index contributed by atoms with van der Waals surface area (Å²) in [7, 11) is 0. The van der Waals surface area contributed by atoms with Crippen molar-refractivity contribution in [2.24, 2.45) is 5.92 Å². The highest BCUT2D eigenvalue weighted by Crippen LogP contribution is 2.34. The van der Waals surface area contributed by atoms with Gasteiger partial charge in [0, 0.05) is 38.9 Å². The Bertz CT molecular complexity index is 3520. The minimum Gasteiger partial charge on any atom is -0.310 e. The van der Waals surface area contributed by atoms with Gasteiger partial charge in [0.2, 0.25) is 0 Å². The Balaban J connectivity index is 0.896. The van der Waals surface area contributed by atoms with Crippen molar-refractivity contribution in [2.75, 3.05) is 0 Å². The van der Waals surface area contributed by atoms with E-state index in [2.05, 4.69) is 187 Å². The van der Waals surface area contributed by atoms with E-state index in [-0.39, 0.29) is 0 Å². The van der Waals surface area contributed by atoms with Gasteiger partial charge in [0.05, 0.1) is 10.9 Å². The summed E-state index contributed by atoms with van der Waals surface area (Å²) < 4.78 is 2.46. The molecule has 0 aliphatic heterocycles. The first kappa shape index (κ1) is 35.0. The summed E-state index contributed by atoms with van der Waals surface area (Å²) in [5, 5.41) is 9.00. The van der Waals surface area contributed by atoms with E-state index < -0.39 is 0 Å². The first-order valence-corrected chi connectivity index (χ1v) is 21.0. The highest BCUT2D eigenvalue weighted by atomic mass is 15.0. The molecule has 0 saturated carbocycles. The molecule has 0 saturated heterocycles. The van der Waals surface area contributed by atoms with E-state index in [1.54, 1.807) is 0 Å². The third kappa shape index (κ3) is 6.03. The van der Waals surface area contributed by atoms with Crippen molar-refractivity contribution in [3.8, 4) is 62.1 Å². The third-order valence-electron chi connectivity index (χ3n) is 12.4. The predicted octanol–water partition coefficient (Wildman–Crippen LogP) is 12.5. The summed E-state index contributed by atoms with van der Waals surface area (Å²) in [6.07, 6.45) is 12.5. The summed E-state index contributed by atoms with van der Waals surface area (Å²) in [5.74, 6) is 2.33. The number of fused-ring (bicyclic) bond motifs is 7. The average Bonchev–Trinajstić information content (AvgIpc) is 3.70. The van der Waals surface area contributed by atoms with E-state index in [1.807, 2.05) is 30.3 Å². The van der Waals surface area contributed by atoms with Gasteiger partial charge in [0.15, 0.2) is 17.5 Å². The molecule has 286 valence electrons. The fourth-order valence-electron chi connectivity index (χ4n) is 9.38. The van der Waals surface area contributed by atoms with Gasteiger partial charge < -0.3 is 4.57 Å². The van der Waals surface area contributed by atoms with Gasteiger partial charge in [0.1, 0.15) is 0 Å². The molecule has 1 atom stereocenters. The van der Waals surface area contributed by atoms with Crippen LogP contribution in [0, 0.1) is 5.92 Å². The second-order valence-electron chi connectivity index (χ2n) is 15.9. The van der Waals surface area contributed by atoms with E-state index in [4.69, 9.17) is 15.0 Å². The lowest BCUT2D eigenvalue weighted by Crippen LogP contribution is -2.35. The van der Waals surface area contributed by atoms with Crippen LogP contribution < -0.4 is 10.6 Å². The monoisotopic (exact) mass is 778 g/mol. The molecule has 0 N–H and O–H groups in total. The zero-order chi connectivity index (χ0) is 40.3. The van der Waals surface area contributed by atoms with Gasteiger partial charge in [0.25, 0.3) is 0 Å². The maximum Gasteiger partial charge on any atom is 0.164 e. The number of nitrogens with zero attached hydrogens (tertiary/aromatic N) is 4. The van der Waals surface area contributed by atoms with Crippen LogP contribution in [0.25, 0.3) is 106 Å². The van der Waals surface area contributed by atoms with Crippen molar-refractivity contribution < 1.29 is 0 Å². The number of hydrogen-bond acceptors (Lipinski definition) is 3. The lowest BCUT2D eigenvalue weighted by Gasteiger charge is -2.18. The van der Waals surface area contributed by atoms with E-state index in [0.717, 1.165) is 45.5 Å². The van der Waals surface area contributed by atoms with Crippen molar-refractivity contribution in [2.45, 2.75) is 6.42 Å². The molecule has 1 unspecified atom stereocenters. The maximum absolute atomic E-state index is 5.06. The van der Waals surface area contributed by atoms with E-state index in [9.17, 15) is 0 Å². The summed E-state index contributed by atoms with van der Waals surface area (Å²) >= 11 is 0. The molecule has 12 rings (SSSR count). The Kier molecular flexibility index (Phi) is 8.27. The van der Waals surface area contributed by atoms with Gasteiger partial charge in [-0.3, -0.25) is 0 Å². The molecule has 0 amide bonds. The van der Waals surface area contributed by atoms with Crippen LogP contribution in [0.5, 0.6) is 0 Å². The van der Waals surface area contributed by atoms with E-state index >= 15 is 0 Å². The van der Waals surface area contributed by atoms with Gasteiger partial charge in [-0.15, -0.1) is 0 Å². The van der Waals surface area contributed by atoms with Gasteiger partial charge in [-0.2, -0.15) is 0 Å². The Hall–Kier alpha value is -7.95. The van der Waals surface area contributed by atoms with Crippen LogP contribution in [-0.4, -0.2) is 19.5 Å². The Morgan fingerprint density at radius 1 is 0.443 bits per heavy atom. The summed E-state index contributed by atoms with van der Waals surface area (Å²) in [6, 6.07) is 64.6. The van der Waals surface area contributed by atoms with Crippen molar-refractivity contribution >= 4 is 44.1 Å². The molecule has 0 fully saturated rings. The number of hydrogen-bond donors (Lipinski definition) is 0. The molecule has 4 heteroatoms. The van der Waals surface area contributed by atoms with Gasteiger partial charge in [-0.25, -0.2) is 15.0 Å². The minimum atomic E-state index is 0.405. The number of aromatic nitrogens is 4. The number of benzene rings is 8. The molecule has 4 nitrogen and oxygen atoms in total.